The van der Waals surface area contributed by atoms with Gasteiger partial charge >= 0.3 is 0 Å². The van der Waals surface area contributed by atoms with Crippen LogP contribution in [0.25, 0.3) is 0 Å². The van der Waals surface area contributed by atoms with Gasteiger partial charge in [-0.05, 0) is 39.0 Å². The summed E-state index contributed by atoms with van der Waals surface area (Å²) in [6.07, 6.45) is 5.67. The minimum absolute atomic E-state index is 0.175. The monoisotopic (exact) mass is 359 g/mol. The van der Waals surface area contributed by atoms with E-state index in [9.17, 15) is 4.79 Å². The summed E-state index contributed by atoms with van der Waals surface area (Å²) in [5, 5.41) is 0. The summed E-state index contributed by atoms with van der Waals surface area (Å²) in [5.41, 5.74) is 0. The molecule has 144 valence electrons. The summed E-state index contributed by atoms with van der Waals surface area (Å²) in [6, 6.07) is 2.14. The average molecular weight is 360 g/mol. The molecule has 3 rings (SSSR count). The van der Waals surface area contributed by atoms with Gasteiger partial charge in [0.1, 0.15) is 17.5 Å². The third-order valence-corrected chi connectivity index (χ3v) is 5.74. The quantitative estimate of drug-likeness (QED) is 0.809. The SMILES string of the molecule is CCC(CC)C(=O)N1CCN(c2cc(N3CCCCC3)nc(C)n2)CC1. The predicted octanol–water partition coefficient (Wildman–Crippen LogP) is 2.86. The highest BCUT2D eigenvalue weighted by molar-refractivity contribution is 5.79. The molecule has 0 unspecified atom stereocenters. The molecule has 0 bridgehead atoms. The second kappa shape index (κ2) is 8.69. The number of anilines is 2. The number of piperidine rings is 1. The van der Waals surface area contributed by atoms with E-state index in [0.717, 1.165) is 69.6 Å². The van der Waals surface area contributed by atoms with Crippen molar-refractivity contribution in [2.75, 3.05) is 49.1 Å². The van der Waals surface area contributed by atoms with E-state index >= 15 is 0 Å². The first-order chi connectivity index (χ1) is 12.6. The summed E-state index contributed by atoms with van der Waals surface area (Å²) in [7, 11) is 0. The van der Waals surface area contributed by atoms with Crippen LogP contribution >= 0.6 is 0 Å². The molecule has 0 radical (unpaired) electrons. The van der Waals surface area contributed by atoms with Gasteiger partial charge in [-0.15, -0.1) is 0 Å². The third-order valence-electron chi connectivity index (χ3n) is 5.74. The van der Waals surface area contributed by atoms with Crippen molar-refractivity contribution >= 4 is 17.5 Å². The van der Waals surface area contributed by atoms with E-state index in [-0.39, 0.29) is 5.92 Å². The summed E-state index contributed by atoms with van der Waals surface area (Å²) in [6.45, 7) is 11.6. The smallest absolute Gasteiger partial charge is 0.225 e. The first-order valence-corrected chi connectivity index (χ1v) is 10.3. The number of rotatable bonds is 5. The number of aryl methyl sites for hydroxylation is 1. The van der Waals surface area contributed by atoms with Gasteiger partial charge in [-0.2, -0.15) is 0 Å². The zero-order valence-electron chi connectivity index (χ0n) is 16.6. The molecule has 0 aliphatic carbocycles. The Labute approximate surface area is 157 Å². The number of carbonyl (C=O) groups excluding carboxylic acids is 1. The summed E-state index contributed by atoms with van der Waals surface area (Å²) in [5.74, 6) is 3.39. The van der Waals surface area contributed by atoms with Crippen LogP contribution in [0.3, 0.4) is 0 Å². The van der Waals surface area contributed by atoms with E-state index < -0.39 is 0 Å². The van der Waals surface area contributed by atoms with Crippen molar-refractivity contribution in [2.24, 2.45) is 5.92 Å². The lowest BCUT2D eigenvalue weighted by molar-refractivity contribution is -0.136. The van der Waals surface area contributed by atoms with Crippen molar-refractivity contribution in [2.45, 2.75) is 52.9 Å². The topological polar surface area (TPSA) is 52.6 Å². The zero-order valence-corrected chi connectivity index (χ0v) is 16.6. The van der Waals surface area contributed by atoms with E-state index in [1.54, 1.807) is 0 Å². The lowest BCUT2D eigenvalue weighted by Crippen LogP contribution is -2.50. The van der Waals surface area contributed by atoms with E-state index in [1.165, 1.54) is 19.3 Å². The molecule has 6 heteroatoms. The molecule has 1 amide bonds. The molecule has 1 aromatic rings. The Morgan fingerprint density at radius 1 is 0.923 bits per heavy atom. The maximum atomic E-state index is 12.6. The van der Waals surface area contributed by atoms with Crippen LogP contribution in [0.4, 0.5) is 11.6 Å². The van der Waals surface area contributed by atoms with Crippen LogP contribution in [0.2, 0.25) is 0 Å². The molecule has 2 fully saturated rings. The van der Waals surface area contributed by atoms with Crippen molar-refractivity contribution in [3.8, 4) is 0 Å². The van der Waals surface area contributed by atoms with Crippen molar-refractivity contribution in [3.63, 3.8) is 0 Å². The van der Waals surface area contributed by atoms with Crippen LogP contribution in [-0.4, -0.2) is 60.0 Å². The molecule has 0 aromatic carbocycles. The molecule has 26 heavy (non-hydrogen) atoms. The van der Waals surface area contributed by atoms with Crippen molar-refractivity contribution in [1.82, 2.24) is 14.9 Å². The molecular weight excluding hydrogens is 326 g/mol. The minimum atomic E-state index is 0.175. The first kappa shape index (κ1) is 18.9. The van der Waals surface area contributed by atoms with Crippen molar-refractivity contribution in [3.05, 3.63) is 11.9 Å². The lowest BCUT2D eigenvalue weighted by atomic mass is 10.0. The van der Waals surface area contributed by atoms with Crippen LogP contribution in [-0.2, 0) is 4.79 Å². The van der Waals surface area contributed by atoms with Crippen molar-refractivity contribution in [1.29, 1.82) is 0 Å². The number of piperazine rings is 1. The number of amides is 1. The fourth-order valence-electron chi connectivity index (χ4n) is 4.04. The highest BCUT2D eigenvalue weighted by Crippen LogP contribution is 2.23. The Hall–Kier alpha value is -1.85. The third kappa shape index (κ3) is 4.27. The van der Waals surface area contributed by atoms with Crippen molar-refractivity contribution < 1.29 is 4.79 Å². The molecule has 3 heterocycles. The second-order valence-corrected chi connectivity index (χ2v) is 7.51. The van der Waals surface area contributed by atoms with Crippen LogP contribution in [0, 0.1) is 12.8 Å². The van der Waals surface area contributed by atoms with Crippen LogP contribution in [0.5, 0.6) is 0 Å². The van der Waals surface area contributed by atoms with Gasteiger partial charge in [0.05, 0.1) is 0 Å². The molecule has 0 spiro atoms. The highest BCUT2D eigenvalue weighted by Gasteiger charge is 2.26. The molecule has 1 aromatic heterocycles. The minimum Gasteiger partial charge on any atom is -0.356 e. The van der Waals surface area contributed by atoms with E-state index in [2.05, 4.69) is 39.7 Å². The van der Waals surface area contributed by atoms with Gasteiger partial charge in [0.15, 0.2) is 0 Å². The van der Waals surface area contributed by atoms with Gasteiger partial charge in [0, 0.05) is 51.3 Å². The van der Waals surface area contributed by atoms with E-state index in [4.69, 9.17) is 0 Å². The highest BCUT2D eigenvalue weighted by atomic mass is 16.2. The van der Waals surface area contributed by atoms with E-state index in [0.29, 0.717) is 5.91 Å². The Morgan fingerprint density at radius 3 is 2.00 bits per heavy atom. The molecule has 2 aliphatic rings. The van der Waals surface area contributed by atoms with Crippen LogP contribution in [0.15, 0.2) is 6.07 Å². The molecule has 0 atom stereocenters. The maximum absolute atomic E-state index is 12.6. The van der Waals surface area contributed by atoms with Gasteiger partial charge in [0.25, 0.3) is 0 Å². The lowest BCUT2D eigenvalue weighted by Gasteiger charge is -2.37. The second-order valence-electron chi connectivity index (χ2n) is 7.51. The number of carbonyl (C=O) groups is 1. The predicted molar refractivity (Wildman–Crippen MR) is 106 cm³/mol. The Balaban J connectivity index is 1.65. The zero-order chi connectivity index (χ0) is 18.5. The number of nitrogens with zero attached hydrogens (tertiary/aromatic N) is 5. The molecule has 0 saturated carbocycles. The summed E-state index contributed by atoms with van der Waals surface area (Å²) < 4.78 is 0. The Kier molecular flexibility index (Phi) is 6.33. The number of aromatic nitrogens is 2. The number of hydrogen-bond acceptors (Lipinski definition) is 5. The van der Waals surface area contributed by atoms with Gasteiger partial charge in [-0.1, -0.05) is 13.8 Å². The molecular formula is C20H33N5O. The average Bonchev–Trinajstić information content (AvgIpc) is 2.69. The Bertz CT molecular complexity index is 602. The Morgan fingerprint density at radius 2 is 1.46 bits per heavy atom. The molecule has 6 nitrogen and oxygen atoms in total. The van der Waals surface area contributed by atoms with E-state index in [1.807, 2.05) is 11.8 Å². The van der Waals surface area contributed by atoms with Crippen LogP contribution < -0.4 is 9.80 Å². The molecule has 2 aliphatic heterocycles. The van der Waals surface area contributed by atoms with Crippen LogP contribution in [0.1, 0.15) is 51.8 Å². The molecule has 2 saturated heterocycles. The first-order valence-electron chi connectivity index (χ1n) is 10.3. The fraction of sp³-hybridized carbons (Fsp3) is 0.750. The summed E-state index contributed by atoms with van der Waals surface area (Å²) in [4.78, 5) is 28.7. The fourth-order valence-corrected chi connectivity index (χ4v) is 4.04. The molecule has 0 N–H and O–H groups in total. The van der Waals surface area contributed by atoms with Gasteiger partial charge in [-0.25, -0.2) is 9.97 Å². The maximum Gasteiger partial charge on any atom is 0.225 e. The van der Waals surface area contributed by atoms with Gasteiger partial charge in [-0.3, -0.25) is 4.79 Å². The summed E-state index contributed by atoms with van der Waals surface area (Å²) >= 11 is 0. The largest absolute Gasteiger partial charge is 0.356 e. The number of hydrogen-bond donors (Lipinski definition) is 0. The standard InChI is InChI=1S/C20H33N5O/c1-4-17(5-2)20(26)25-13-11-24(12-14-25)19-15-18(21-16(3)22-19)23-9-7-6-8-10-23/h15,17H,4-14H2,1-3H3. The normalized spacial score (nSPS) is 18.5. The van der Waals surface area contributed by atoms with Gasteiger partial charge in [0.2, 0.25) is 5.91 Å². The van der Waals surface area contributed by atoms with Gasteiger partial charge < -0.3 is 14.7 Å².